The number of hydrogen-bond donors (Lipinski definition) is 1. The topological polar surface area (TPSA) is 71.1 Å². The summed E-state index contributed by atoms with van der Waals surface area (Å²) >= 11 is 18.1. The van der Waals surface area contributed by atoms with Crippen molar-refractivity contribution in [3.8, 4) is 11.5 Å². The molecule has 0 unspecified atom stereocenters. The number of amides is 2. The summed E-state index contributed by atoms with van der Waals surface area (Å²) < 4.78 is 11.0. The molecule has 1 aliphatic heterocycles. The molecular formula is C27H26Cl3N3O4. The van der Waals surface area contributed by atoms with Gasteiger partial charge in [0.2, 0.25) is 0 Å². The highest BCUT2D eigenvalue weighted by Gasteiger charge is 2.25. The Hall–Kier alpha value is -3.13. The lowest BCUT2D eigenvalue weighted by molar-refractivity contribution is -0.122. The van der Waals surface area contributed by atoms with Crippen molar-refractivity contribution in [1.29, 1.82) is 0 Å². The zero-order valence-corrected chi connectivity index (χ0v) is 22.6. The third kappa shape index (κ3) is 6.60. The van der Waals surface area contributed by atoms with Crippen LogP contribution >= 0.6 is 34.8 Å². The van der Waals surface area contributed by atoms with Crippen LogP contribution in [0.25, 0.3) is 0 Å². The Bertz CT molecular complexity index is 1280. The van der Waals surface area contributed by atoms with Gasteiger partial charge in [0.25, 0.3) is 11.8 Å². The monoisotopic (exact) mass is 561 g/mol. The van der Waals surface area contributed by atoms with Crippen LogP contribution in [0, 0.1) is 0 Å². The van der Waals surface area contributed by atoms with E-state index >= 15 is 0 Å². The second kappa shape index (κ2) is 11.9. The average molecular weight is 563 g/mol. The normalized spacial score (nSPS) is 14.2. The summed E-state index contributed by atoms with van der Waals surface area (Å²) in [5.74, 6) is 0.483. The second-order valence-corrected chi connectivity index (χ2v) is 9.77. The number of rotatable bonds is 7. The molecule has 0 bridgehead atoms. The van der Waals surface area contributed by atoms with E-state index in [-0.39, 0.29) is 11.8 Å². The lowest BCUT2D eigenvalue weighted by Crippen LogP contribution is -2.48. The molecule has 194 valence electrons. The minimum absolute atomic E-state index is 0.103. The lowest BCUT2D eigenvalue weighted by Gasteiger charge is -2.36. The smallest absolute Gasteiger partial charge is 0.265 e. The molecule has 2 amide bonds. The van der Waals surface area contributed by atoms with Gasteiger partial charge < -0.3 is 24.6 Å². The predicted molar refractivity (Wildman–Crippen MR) is 148 cm³/mol. The number of benzene rings is 3. The van der Waals surface area contributed by atoms with E-state index in [9.17, 15) is 9.59 Å². The largest absolute Gasteiger partial charge is 0.496 e. The van der Waals surface area contributed by atoms with Crippen LogP contribution in [0.3, 0.4) is 0 Å². The molecule has 1 heterocycles. The van der Waals surface area contributed by atoms with Crippen LogP contribution in [0.2, 0.25) is 15.1 Å². The Kier molecular flexibility index (Phi) is 8.69. The van der Waals surface area contributed by atoms with Crippen LogP contribution in [0.15, 0.2) is 60.7 Å². The number of anilines is 2. The molecule has 0 spiro atoms. The van der Waals surface area contributed by atoms with Gasteiger partial charge in [-0.3, -0.25) is 9.59 Å². The minimum atomic E-state index is -0.762. The van der Waals surface area contributed by atoms with Crippen LogP contribution in [-0.2, 0) is 4.79 Å². The highest BCUT2D eigenvalue weighted by Crippen LogP contribution is 2.29. The first-order valence-corrected chi connectivity index (χ1v) is 12.8. The number of halogens is 3. The molecule has 10 heteroatoms. The van der Waals surface area contributed by atoms with Gasteiger partial charge in [-0.2, -0.15) is 0 Å². The standard InChI is InChI=1S/C27H26Cl3N3O4/c1-17(37-25-10-4-19(29)16-23(25)30)26(34)31-20-5-7-21(8-6-20)32-11-13-33(14-12-32)27(35)22-15-18(28)3-9-24(22)36-2/h3-10,15-17H,11-14H2,1-2H3,(H,31,34)/t17-/m0/s1. The van der Waals surface area contributed by atoms with E-state index in [1.165, 1.54) is 7.11 Å². The van der Waals surface area contributed by atoms with Gasteiger partial charge in [0.1, 0.15) is 11.5 Å². The van der Waals surface area contributed by atoms with Crippen LogP contribution < -0.4 is 19.7 Å². The summed E-state index contributed by atoms with van der Waals surface area (Å²) in [5, 5.41) is 4.17. The molecule has 4 rings (SSSR count). The number of hydrogen-bond acceptors (Lipinski definition) is 5. The number of ether oxygens (including phenoxy) is 2. The van der Waals surface area contributed by atoms with Crippen molar-refractivity contribution >= 4 is 58.0 Å². The average Bonchev–Trinajstić information content (AvgIpc) is 2.90. The number of nitrogens with zero attached hydrogens (tertiary/aromatic N) is 2. The quantitative estimate of drug-likeness (QED) is 0.381. The molecule has 3 aromatic carbocycles. The summed E-state index contributed by atoms with van der Waals surface area (Å²) in [6, 6.07) is 17.4. The Morgan fingerprint density at radius 2 is 1.49 bits per heavy atom. The second-order valence-electron chi connectivity index (χ2n) is 8.49. The predicted octanol–water partition coefficient (Wildman–Crippen LogP) is 6.02. The number of nitrogens with one attached hydrogen (secondary N) is 1. The summed E-state index contributed by atoms with van der Waals surface area (Å²) in [7, 11) is 1.53. The molecule has 1 N–H and O–H groups in total. The van der Waals surface area contributed by atoms with Crippen LogP contribution in [0.1, 0.15) is 17.3 Å². The Morgan fingerprint density at radius 1 is 0.865 bits per heavy atom. The fraction of sp³-hybridized carbons (Fsp3) is 0.259. The van der Waals surface area contributed by atoms with Gasteiger partial charge in [0.15, 0.2) is 6.10 Å². The third-order valence-corrected chi connectivity index (χ3v) is 6.79. The number of methoxy groups -OCH3 is 1. The maximum absolute atomic E-state index is 13.0. The molecule has 1 aliphatic rings. The first-order chi connectivity index (χ1) is 17.7. The van der Waals surface area contributed by atoms with Crippen molar-refractivity contribution in [3.05, 3.63) is 81.3 Å². The van der Waals surface area contributed by atoms with Crippen molar-refractivity contribution in [2.45, 2.75) is 13.0 Å². The van der Waals surface area contributed by atoms with Gasteiger partial charge in [-0.1, -0.05) is 34.8 Å². The fourth-order valence-electron chi connectivity index (χ4n) is 4.00. The Balaban J connectivity index is 1.31. The van der Waals surface area contributed by atoms with Gasteiger partial charge in [-0.15, -0.1) is 0 Å². The van der Waals surface area contributed by atoms with E-state index in [0.29, 0.717) is 64.0 Å². The van der Waals surface area contributed by atoms with E-state index < -0.39 is 6.10 Å². The molecule has 0 saturated carbocycles. The Morgan fingerprint density at radius 3 is 2.11 bits per heavy atom. The fourth-order valence-corrected chi connectivity index (χ4v) is 4.62. The summed E-state index contributed by atoms with van der Waals surface area (Å²) in [6.07, 6.45) is -0.762. The van der Waals surface area contributed by atoms with E-state index in [2.05, 4.69) is 10.2 Å². The van der Waals surface area contributed by atoms with Crippen LogP contribution in [0.4, 0.5) is 11.4 Å². The first kappa shape index (κ1) is 26.9. The summed E-state index contributed by atoms with van der Waals surface area (Å²) in [4.78, 5) is 29.6. The highest BCUT2D eigenvalue weighted by atomic mass is 35.5. The minimum Gasteiger partial charge on any atom is -0.496 e. The SMILES string of the molecule is COc1ccc(Cl)cc1C(=O)N1CCN(c2ccc(NC(=O)[C@H](C)Oc3ccc(Cl)cc3Cl)cc2)CC1. The molecule has 3 aromatic rings. The van der Waals surface area contributed by atoms with Crippen molar-refractivity contribution in [1.82, 2.24) is 4.90 Å². The van der Waals surface area contributed by atoms with Gasteiger partial charge in [-0.05, 0) is 67.6 Å². The van der Waals surface area contributed by atoms with Crippen LogP contribution in [-0.4, -0.2) is 56.1 Å². The third-order valence-electron chi connectivity index (χ3n) is 6.03. The van der Waals surface area contributed by atoms with E-state index in [4.69, 9.17) is 44.3 Å². The van der Waals surface area contributed by atoms with Crippen molar-refractivity contribution in [2.75, 3.05) is 43.5 Å². The Labute approximate surface area is 230 Å². The van der Waals surface area contributed by atoms with E-state index in [0.717, 1.165) is 5.69 Å². The number of carbonyl (C=O) groups excluding carboxylic acids is 2. The molecule has 1 saturated heterocycles. The van der Waals surface area contributed by atoms with Crippen molar-refractivity contribution in [2.24, 2.45) is 0 Å². The molecule has 1 fully saturated rings. The van der Waals surface area contributed by atoms with Gasteiger partial charge in [0, 0.05) is 47.6 Å². The maximum Gasteiger partial charge on any atom is 0.265 e. The molecule has 0 aromatic heterocycles. The summed E-state index contributed by atoms with van der Waals surface area (Å²) in [6.45, 7) is 4.12. The molecular weight excluding hydrogens is 537 g/mol. The zero-order valence-electron chi connectivity index (χ0n) is 20.3. The van der Waals surface area contributed by atoms with Gasteiger partial charge in [0.05, 0.1) is 17.7 Å². The molecule has 0 radical (unpaired) electrons. The highest BCUT2D eigenvalue weighted by molar-refractivity contribution is 6.35. The molecule has 1 atom stereocenters. The van der Waals surface area contributed by atoms with E-state index in [1.807, 2.05) is 24.3 Å². The van der Waals surface area contributed by atoms with Gasteiger partial charge in [-0.25, -0.2) is 0 Å². The van der Waals surface area contributed by atoms with Crippen LogP contribution in [0.5, 0.6) is 11.5 Å². The maximum atomic E-state index is 13.0. The first-order valence-electron chi connectivity index (χ1n) is 11.7. The molecule has 37 heavy (non-hydrogen) atoms. The number of carbonyl (C=O) groups is 2. The molecule has 0 aliphatic carbocycles. The molecule has 7 nitrogen and oxygen atoms in total. The zero-order chi connectivity index (χ0) is 26.5. The van der Waals surface area contributed by atoms with Gasteiger partial charge >= 0.3 is 0 Å². The summed E-state index contributed by atoms with van der Waals surface area (Å²) in [5.41, 5.74) is 2.11. The lowest BCUT2D eigenvalue weighted by atomic mass is 10.1. The number of piperazine rings is 1. The van der Waals surface area contributed by atoms with Crippen molar-refractivity contribution in [3.63, 3.8) is 0 Å². The van der Waals surface area contributed by atoms with E-state index in [1.54, 1.807) is 48.2 Å². The van der Waals surface area contributed by atoms with Crippen molar-refractivity contribution < 1.29 is 19.1 Å².